The van der Waals surface area contributed by atoms with Gasteiger partial charge >= 0.3 is 6.03 Å². The Morgan fingerprint density at radius 1 is 1.30 bits per heavy atom. The predicted octanol–water partition coefficient (Wildman–Crippen LogP) is 4.15. The van der Waals surface area contributed by atoms with E-state index in [0.717, 1.165) is 0 Å². The Morgan fingerprint density at radius 3 is 2.75 bits per heavy atom. The van der Waals surface area contributed by atoms with Gasteiger partial charge in [0.15, 0.2) is 0 Å². The van der Waals surface area contributed by atoms with Crippen LogP contribution in [0.3, 0.4) is 0 Å². The fourth-order valence-corrected chi connectivity index (χ4v) is 1.87. The first kappa shape index (κ1) is 14.6. The lowest BCUT2D eigenvalue weighted by atomic mass is 10.3. The molecule has 0 aliphatic carbocycles. The fraction of sp³-hybridized carbons (Fsp3) is 0.0769. The van der Waals surface area contributed by atoms with Crippen molar-refractivity contribution < 1.29 is 9.53 Å². The Kier molecular flexibility index (Phi) is 4.81. The maximum Gasteiger partial charge on any atom is 0.323 e. The van der Waals surface area contributed by atoms with Crippen molar-refractivity contribution in [2.24, 2.45) is 0 Å². The van der Waals surface area contributed by atoms with Gasteiger partial charge in [0.25, 0.3) is 0 Å². The number of carbonyl (C=O) groups is 1. The molecule has 5 nitrogen and oxygen atoms in total. The van der Waals surface area contributed by atoms with Gasteiger partial charge in [-0.1, -0.05) is 17.7 Å². The highest BCUT2D eigenvalue weighted by atomic mass is 79.9. The van der Waals surface area contributed by atoms with E-state index in [2.05, 4.69) is 31.5 Å². The second-order valence-corrected chi connectivity index (χ2v) is 4.97. The highest BCUT2D eigenvalue weighted by molar-refractivity contribution is 9.10. The molecule has 2 rings (SSSR count). The van der Waals surface area contributed by atoms with Gasteiger partial charge in [0.1, 0.15) is 10.4 Å². The lowest BCUT2D eigenvalue weighted by Crippen LogP contribution is -2.19. The third-order valence-electron chi connectivity index (χ3n) is 2.38. The van der Waals surface area contributed by atoms with Gasteiger partial charge in [0.2, 0.25) is 0 Å². The third-order valence-corrected chi connectivity index (χ3v) is 3.53. The number of rotatable bonds is 3. The number of urea groups is 1. The molecule has 2 amide bonds. The highest BCUT2D eigenvalue weighted by Crippen LogP contribution is 2.23. The summed E-state index contributed by atoms with van der Waals surface area (Å²) in [6.45, 7) is 0. The Labute approximate surface area is 129 Å². The Morgan fingerprint density at radius 2 is 2.05 bits per heavy atom. The minimum Gasteiger partial charge on any atom is -0.497 e. The zero-order chi connectivity index (χ0) is 14.5. The molecule has 0 radical (unpaired) electrons. The van der Waals surface area contributed by atoms with Crippen LogP contribution in [0, 0.1) is 0 Å². The predicted molar refractivity (Wildman–Crippen MR) is 82.6 cm³/mol. The number of benzene rings is 1. The number of anilines is 2. The molecule has 0 aliphatic rings. The van der Waals surface area contributed by atoms with Gasteiger partial charge in [-0.3, -0.25) is 0 Å². The number of halogens is 2. The summed E-state index contributed by atoms with van der Waals surface area (Å²) in [6.07, 6.45) is 1.50. The lowest BCUT2D eigenvalue weighted by Gasteiger charge is -2.09. The molecule has 1 aromatic carbocycles. The largest absolute Gasteiger partial charge is 0.497 e. The normalized spacial score (nSPS) is 9.95. The van der Waals surface area contributed by atoms with E-state index in [4.69, 9.17) is 16.3 Å². The first-order chi connectivity index (χ1) is 9.58. The van der Waals surface area contributed by atoms with Gasteiger partial charge in [-0.25, -0.2) is 9.78 Å². The molecule has 1 aromatic heterocycles. The topological polar surface area (TPSA) is 63.2 Å². The molecular weight excluding hydrogens is 346 g/mol. The van der Waals surface area contributed by atoms with E-state index in [1.807, 2.05) is 0 Å². The zero-order valence-corrected chi connectivity index (χ0v) is 12.8. The van der Waals surface area contributed by atoms with Crippen molar-refractivity contribution in [2.45, 2.75) is 0 Å². The van der Waals surface area contributed by atoms with Gasteiger partial charge in [-0.15, -0.1) is 0 Å². The van der Waals surface area contributed by atoms with Gasteiger partial charge in [-0.2, -0.15) is 0 Å². The van der Waals surface area contributed by atoms with Crippen molar-refractivity contribution in [1.82, 2.24) is 4.98 Å². The Balaban J connectivity index is 2.03. The molecule has 0 saturated carbocycles. The first-order valence-electron chi connectivity index (χ1n) is 5.61. The molecule has 2 N–H and O–H groups in total. The summed E-state index contributed by atoms with van der Waals surface area (Å²) < 4.78 is 5.61. The SMILES string of the molecule is COc1cccc(NC(=O)Nc2cnc(Br)c(Cl)c2)c1. The van der Waals surface area contributed by atoms with E-state index in [-0.39, 0.29) is 0 Å². The summed E-state index contributed by atoms with van der Waals surface area (Å²) in [5, 5.41) is 5.74. The van der Waals surface area contributed by atoms with E-state index >= 15 is 0 Å². The minimum atomic E-state index is -0.390. The average molecular weight is 357 g/mol. The first-order valence-corrected chi connectivity index (χ1v) is 6.78. The molecule has 0 bridgehead atoms. The van der Waals surface area contributed by atoms with Crippen LogP contribution in [0.15, 0.2) is 41.1 Å². The molecule has 0 fully saturated rings. The summed E-state index contributed by atoms with van der Waals surface area (Å²) >= 11 is 9.08. The average Bonchev–Trinajstić information content (AvgIpc) is 2.43. The van der Waals surface area contributed by atoms with Gasteiger partial charge in [0.05, 0.1) is 24.0 Å². The summed E-state index contributed by atoms with van der Waals surface area (Å²) in [5.74, 6) is 0.663. The molecule has 20 heavy (non-hydrogen) atoms. The van der Waals surface area contributed by atoms with E-state index < -0.39 is 6.03 Å². The maximum atomic E-state index is 11.8. The second-order valence-electron chi connectivity index (χ2n) is 3.81. The van der Waals surface area contributed by atoms with Crippen molar-refractivity contribution in [3.05, 3.63) is 46.2 Å². The third kappa shape index (κ3) is 3.85. The number of amides is 2. The maximum absolute atomic E-state index is 11.8. The standard InChI is InChI=1S/C13H11BrClN3O2/c1-20-10-4-2-3-8(5-10)17-13(19)18-9-6-11(15)12(14)16-7-9/h2-7H,1H3,(H2,17,18,19). The van der Waals surface area contributed by atoms with Crippen LogP contribution in [-0.2, 0) is 0 Å². The van der Waals surface area contributed by atoms with Crippen LogP contribution in [0.4, 0.5) is 16.2 Å². The number of methoxy groups -OCH3 is 1. The molecule has 7 heteroatoms. The van der Waals surface area contributed by atoms with Crippen molar-refractivity contribution in [3.63, 3.8) is 0 Å². The summed E-state index contributed by atoms with van der Waals surface area (Å²) in [5.41, 5.74) is 1.12. The molecule has 0 atom stereocenters. The summed E-state index contributed by atoms with van der Waals surface area (Å²) in [7, 11) is 1.56. The molecule has 0 spiro atoms. The Hall–Kier alpha value is -1.79. The van der Waals surface area contributed by atoms with Crippen LogP contribution >= 0.6 is 27.5 Å². The van der Waals surface area contributed by atoms with Crippen molar-refractivity contribution in [2.75, 3.05) is 17.7 Å². The van der Waals surface area contributed by atoms with Crippen molar-refractivity contribution >= 4 is 44.9 Å². The molecular formula is C13H11BrClN3O2. The van der Waals surface area contributed by atoms with Crippen LogP contribution in [0.5, 0.6) is 5.75 Å². The van der Waals surface area contributed by atoms with Gasteiger partial charge in [-0.05, 0) is 34.1 Å². The van der Waals surface area contributed by atoms with Crippen LogP contribution in [0.2, 0.25) is 5.02 Å². The molecule has 2 aromatic rings. The van der Waals surface area contributed by atoms with Crippen molar-refractivity contribution in [3.8, 4) is 5.75 Å². The highest BCUT2D eigenvalue weighted by Gasteiger charge is 2.06. The Bertz CT molecular complexity index is 637. The molecule has 1 heterocycles. The number of ether oxygens (including phenoxy) is 1. The van der Waals surface area contributed by atoms with E-state index in [9.17, 15) is 4.79 Å². The van der Waals surface area contributed by atoms with E-state index in [0.29, 0.717) is 26.8 Å². The number of nitrogens with one attached hydrogen (secondary N) is 2. The monoisotopic (exact) mass is 355 g/mol. The molecule has 0 saturated heterocycles. The van der Waals surface area contributed by atoms with Crippen LogP contribution in [-0.4, -0.2) is 18.1 Å². The van der Waals surface area contributed by atoms with E-state index in [1.165, 1.54) is 6.20 Å². The second kappa shape index (κ2) is 6.58. The number of carbonyl (C=O) groups excluding carboxylic acids is 1. The number of pyridine rings is 1. The van der Waals surface area contributed by atoms with Gasteiger partial charge in [0, 0.05) is 11.8 Å². The molecule has 104 valence electrons. The quantitative estimate of drug-likeness (QED) is 0.812. The number of hydrogen-bond acceptors (Lipinski definition) is 3. The summed E-state index contributed by atoms with van der Waals surface area (Å²) in [6, 6.07) is 8.26. The zero-order valence-electron chi connectivity index (χ0n) is 10.5. The van der Waals surface area contributed by atoms with Crippen LogP contribution in [0.25, 0.3) is 0 Å². The van der Waals surface area contributed by atoms with Crippen molar-refractivity contribution in [1.29, 1.82) is 0 Å². The smallest absolute Gasteiger partial charge is 0.323 e. The van der Waals surface area contributed by atoms with Crippen LogP contribution in [0.1, 0.15) is 0 Å². The number of nitrogens with zero attached hydrogens (tertiary/aromatic N) is 1. The summed E-state index contributed by atoms with van der Waals surface area (Å²) in [4.78, 5) is 15.8. The van der Waals surface area contributed by atoms with Crippen LogP contribution < -0.4 is 15.4 Å². The van der Waals surface area contributed by atoms with E-state index in [1.54, 1.807) is 37.4 Å². The lowest BCUT2D eigenvalue weighted by molar-refractivity contribution is 0.262. The number of hydrogen-bond donors (Lipinski definition) is 2. The molecule has 0 aliphatic heterocycles. The minimum absolute atomic E-state index is 0.390. The fourth-order valence-electron chi connectivity index (χ4n) is 1.48. The van der Waals surface area contributed by atoms with Gasteiger partial charge < -0.3 is 15.4 Å². The number of aromatic nitrogens is 1. The molecule has 0 unspecified atom stereocenters.